The van der Waals surface area contributed by atoms with E-state index in [9.17, 15) is 4.79 Å². The Bertz CT molecular complexity index is 925. The van der Waals surface area contributed by atoms with Gasteiger partial charge in [0.25, 0.3) is 5.91 Å². The average molecular weight is 550 g/mol. The second-order valence-electron chi connectivity index (χ2n) is 10.2. The van der Waals surface area contributed by atoms with Crippen molar-refractivity contribution in [3.8, 4) is 0 Å². The summed E-state index contributed by atoms with van der Waals surface area (Å²) in [5.74, 6) is -0.377. The van der Waals surface area contributed by atoms with Crippen LogP contribution < -0.4 is 27.8 Å². The first-order chi connectivity index (χ1) is 18.8. The Balaban J connectivity index is 1.16. The molecular formula is C26H47N9O4. The number of piperidine rings is 1. The Morgan fingerprint density at radius 2 is 1.92 bits per heavy atom. The Kier molecular flexibility index (Phi) is 13.1. The fraction of sp³-hybridized carbons (Fsp3) is 0.769. The van der Waals surface area contributed by atoms with Crippen LogP contribution in [0.2, 0.25) is 0 Å². The maximum absolute atomic E-state index is 12.3. The molecule has 13 heteroatoms. The fourth-order valence-electron chi connectivity index (χ4n) is 4.66. The van der Waals surface area contributed by atoms with Gasteiger partial charge in [-0.05, 0) is 71.9 Å². The molecule has 0 spiro atoms. The predicted molar refractivity (Wildman–Crippen MR) is 151 cm³/mol. The molecule has 220 valence electrons. The molecule has 2 aliphatic heterocycles. The highest BCUT2D eigenvalue weighted by Crippen LogP contribution is 2.16. The lowest BCUT2D eigenvalue weighted by Crippen LogP contribution is -2.38. The first-order valence-corrected chi connectivity index (χ1v) is 14.1. The van der Waals surface area contributed by atoms with Gasteiger partial charge in [-0.2, -0.15) is 0 Å². The Hall–Kier alpha value is -2.58. The van der Waals surface area contributed by atoms with E-state index in [-0.39, 0.29) is 35.7 Å². The van der Waals surface area contributed by atoms with E-state index in [1.807, 2.05) is 6.92 Å². The third-order valence-corrected chi connectivity index (χ3v) is 6.95. The molecule has 0 bridgehead atoms. The van der Waals surface area contributed by atoms with E-state index >= 15 is 0 Å². The lowest BCUT2D eigenvalue weighted by Gasteiger charge is -2.31. The highest BCUT2D eigenvalue weighted by Gasteiger charge is 2.22. The van der Waals surface area contributed by atoms with Crippen LogP contribution in [-0.4, -0.2) is 97.7 Å². The molecule has 2 saturated heterocycles. The van der Waals surface area contributed by atoms with Crippen LogP contribution in [0.25, 0.3) is 0 Å². The minimum Gasteiger partial charge on any atom is -0.382 e. The standard InChI is InChI=1S/C26H47N9O4/c1-18-23(27)33-24(28)22(32-18)25(36)34-26(29)31-11-5-6-13-35-14-8-20(9-15-35)37-16-12-30-10-4-3-7-21-17-38-19(2)39-21/h19-21,30H,3-17H2,1-2H3,(H4,27,28,33)(H3,29,31,34,36). The van der Waals surface area contributed by atoms with Gasteiger partial charge in [0.2, 0.25) is 0 Å². The summed E-state index contributed by atoms with van der Waals surface area (Å²) in [6.45, 7) is 10.6. The number of carbonyl (C=O) groups excluding carboxylic acids is 1. The Morgan fingerprint density at radius 3 is 2.67 bits per heavy atom. The summed E-state index contributed by atoms with van der Waals surface area (Å²) < 4.78 is 17.1. The molecule has 0 radical (unpaired) electrons. The second-order valence-corrected chi connectivity index (χ2v) is 10.2. The molecule has 0 aliphatic carbocycles. The minimum atomic E-state index is -0.555. The topological polar surface area (TPSA) is 188 Å². The number of aromatic nitrogens is 2. The van der Waals surface area contributed by atoms with Crippen LogP contribution in [0.4, 0.5) is 11.6 Å². The van der Waals surface area contributed by atoms with E-state index in [1.165, 1.54) is 0 Å². The molecule has 0 saturated carbocycles. The molecular weight excluding hydrogens is 502 g/mol. The number of likely N-dealkylation sites (tertiary alicyclic amines) is 1. The summed E-state index contributed by atoms with van der Waals surface area (Å²) in [7, 11) is 0. The number of hydrogen-bond acceptors (Lipinski definition) is 11. The number of unbranched alkanes of at least 4 members (excludes halogenated alkanes) is 2. The Morgan fingerprint density at radius 1 is 1.13 bits per heavy atom. The van der Waals surface area contributed by atoms with E-state index in [2.05, 4.69) is 30.5 Å². The van der Waals surface area contributed by atoms with E-state index in [1.54, 1.807) is 6.92 Å². The molecule has 2 fully saturated rings. The summed E-state index contributed by atoms with van der Waals surface area (Å²) in [6.07, 6.45) is 7.95. The van der Waals surface area contributed by atoms with Gasteiger partial charge in [-0.25, -0.2) is 9.97 Å². The highest BCUT2D eigenvalue weighted by atomic mass is 16.7. The number of rotatable bonds is 15. The van der Waals surface area contributed by atoms with Crippen LogP contribution >= 0.6 is 0 Å². The van der Waals surface area contributed by atoms with Crippen molar-refractivity contribution >= 4 is 23.5 Å². The lowest BCUT2D eigenvalue weighted by molar-refractivity contribution is -0.0434. The van der Waals surface area contributed by atoms with Crippen LogP contribution in [-0.2, 0) is 14.2 Å². The SMILES string of the molecule is Cc1nc(C(=O)NC(N)=NCCCCN2CCC(OCCNCCCCC3COC(C)O3)CC2)c(N)nc1N. The van der Waals surface area contributed by atoms with E-state index in [4.69, 9.17) is 31.4 Å². The second kappa shape index (κ2) is 16.5. The van der Waals surface area contributed by atoms with Gasteiger partial charge in [0.1, 0.15) is 5.82 Å². The van der Waals surface area contributed by atoms with Crippen molar-refractivity contribution in [2.45, 2.75) is 77.3 Å². The third kappa shape index (κ3) is 11.2. The van der Waals surface area contributed by atoms with E-state index < -0.39 is 5.91 Å². The summed E-state index contributed by atoms with van der Waals surface area (Å²) in [5, 5.41) is 5.98. The number of guanidine groups is 1. The molecule has 3 heterocycles. The van der Waals surface area contributed by atoms with Crippen molar-refractivity contribution in [2.24, 2.45) is 10.7 Å². The zero-order valence-corrected chi connectivity index (χ0v) is 23.5. The van der Waals surface area contributed by atoms with Crippen LogP contribution in [0.5, 0.6) is 0 Å². The third-order valence-electron chi connectivity index (χ3n) is 6.95. The molecule has 13 nitrogen and oxygen atoms in total. The number of hydrogen-bond donors (Lipinski definition) is 5. The van der Waals surface area contributed by atoms with Crippen LogP contribution in [0.3, 0.4) is 0 Å². The van der Waals surface area contributed by atoms with Crippen molar-refractivity contribution in [3.05, 3.63) is 11.4 Å². The van der Waals surface area contributed by atoms with Gasteiger partial charge in [-0.15, -0.1) is 0 Å². The first-order valence-electron chi connectivity index (χ1n) is 14.1. The molecule has 39 heavy (non-hydrogen) atoms. The average Bonchev–Trinajstić information content (AvgIpc) is 3.33. The summed E-state index contributed by atoms with van der Waals surface area (Å²) in [6, 6.07) is 0. The monoisotopic (exact) mass is 549 g/mol. The van der Waals surface area contributed by atoms with Crippen LogP contribution in [0.1, 0.15) is 68.1 Å². The van der Waals surface area contributed by atoms with Gasteiger partial charge < -0.3 is 41.6 Å². The predicted octanol–water partition coefficient (Wildman–Crippen LogP) is 0.776. The summed E-state index contributed by atoms with van der Waals surface area (Å²) in [5.41, 5.74) is 17.6. The molecule has 8 N–H and O–H groups in total. The lowest BCUT2D eigenvalue weighted by atomic mass is 10.1. The van der Waals surface area contributed by atoms with Gasteiger partial charge in [0.15, 0.2) is 23.8 Å². The van der Waals surface area contributed by atoms with Crippen molar-refractivity contribution in [2.75, 3.05) is 63.9 Å². The maximum Gasteiger partial charge on any atom is 0.280 e. The molecule has 2 unspecified atom stereocenters. The smallest absolute Gasteiger partial charge is 0.280 e. The largest absolute Gasteiger partial charge is 0.382 e. The number of amides is 1. The number of nitrogens with two attached hydrogens (primary N) is 3. The van der Waals surface area contributed by atoms with Crippen LogP contribution in [0.15, 0.2) is 4.99 Å². The number of ether oxygens (including phenoxy) is 3. The highest BCUT2D eigenvalue weighted by molar-refractivity contribution is 6.06. The van der Waals surface area contributed by atoms with Crippen molar-refractivity contribution in [1.29, 1.82) is 0 Å². The quantitative estimate of drug-likeness (QED) is 0.118. The number of nitrogens with one attached hydrogen (secondary N) is 2. The zero-order valence-electron chi connectivity index (χ0n) is 23.5. The Labute approximate surface area is 231 Å². The molecule has 3 rings (SSSR count). The van der Waals surface area contributed by atoms with E-state index in [0.717, 1.165) is 90.9 Å². The minimum absolute atomic E-state index is 0.0184. The molecule has 1 amide bonds. The number of aryl methyl sites for hydroxylation is 1. The first kappa shape index (κ1) is 31.0. The number of nitrogens with zero attached hydrogens (tertiary/aromatic N) is 4. The number of aliphatic imine (C=N–C) groups is 1. The van der Waals surface area contributed by atoms with Gasteiger partial charge in [0.05, 0.1) is 31.1 Å². The van der Waals surface area contributed by atoms with Gasteiger partial charge in [-0.3, -0.25) is 15.1 Å². The fourth-order valence-corrected chi connectivity index (χ4v) is 4.66. The molecule has 0 aromatic carbocycles. The van der Waals surface area contributed by atoms with Gasteiger partial charge in [0, 0.05) is 26.2 Å². The summed E-state index contributed by atoms with van der Waals surface area (Å²) >= 11 is 0. The normalized spacial score (nSPS) is 20.9. The van der Waals surface area contributed by atoms with Crippen molar-refractivity contribution < 1.29 is 19.0 Å². The number of anilines is 2. The van der Waals surface area contributed by atoms with Crippen molar-refractivity contribution in [1.82, 2.24) is 25.5 Å². The van der Waals surface area contributed by atoms with Gasteiger partial charge in [-0.1, -0.05) is 0 Å². The van der Waals surface area contributed by atoms with Gasteiger partial charge >= 0.3 is 0 Å². The zero-order chi connectivity index (χ0) is 28.0. The molecule has 2 atom stereocenters. The molecule has 2 aliphatic rings. The van der Waals surface area contributed by atoms with Crippen molar-refractivity contribution in [3.63, 3.8) is 0 Å². The number of carbonyl (C=O) groups is 1. The number of nitrogen functional groups attached to an aromatic ring is 2. The maximum atomic E-state index is 12.3. The summed E-state index contributed by atoms with van der Waals surface area (Å²) in [4.78, 5) is 27.0. The molecule has 1 aromatic heterocycles. The van der Waals surface area contributed by atoms with E-state index in [0.29, 0.717) is 18.3 Å². The molecule has 1 aromatic rings. The van der Waals surface area contributed by atoms with Crippen LogP contribution in [0, 0.1) is 6.92 Å².